The fourth-order valence-corrected chi connectivity index (χ4v) is 4.57. The maximum absolute atomic E-state index is 14.1. The lowest BCUT2D eigenvalue weighted by Gasteiger charge is -2.29. The molecule has 4 rings (SSSR count). The summed E-state index contributed by atoms with van der Waals surface area (Å²) in [6, 6.07) is 21.7. The smallest absolute Gasteiger partial charge is 0.457 e. The number of halogens is 8. The van der Waals surface area contributed by atoms with Gasteiger partial charge in [0.2, 0.25) is 0 Å². The van der Waals surface area contributed by atoms with Crippen LogP contribution in [-0.4, -0.2) is 17.8 Å². The fraction of sp³-hybridized carbons (Fsp3) is 0.250. The summed E-state index contributed by atoms with van der Waals surface area (Å²) in [6.07, 6.45) is -11.5. The highest BCUT2D eigenvalue weighted by atomic mass is 19.4. The number of alkyl halides is 8. The number of hydrogen-bond donors (Lipinski definition) is 1. The van der Waals surface area contributed by atoms with E-state index in [1.54, 1.807) is 24.3 Å². The molecule has 0 saturated heterocycles. The fourth-order valence-electron chi connectivity index (χ4n) is 4.57. The maximum Gasteiger partial charge on any atom is 0.458 e. The second-order valence-electron chi connectivity index (χ2n) is 9.85. The van der Waals surface area contributed by atoms with E-state index in [1.807, 2.05) is 25.1 Å². The molecule has 1 unspecified atom stereocenters. The van der Waals surface area contributed by atoms with Gasteiger partial charge in [-0.1, -0.05) is 61.5 Å². The lowest BCUT2D eigenvalue weighted by molar-refractivity contribution is -0.289. The standard InChI is InChI=1S/C32H27F8NO2/c1-2-21-8-6-12-25(17-21)43-26-13-7-11-24(18-26)41(20-29(42)27-14-3-4-15-28(27)31(35,36)37)19-22-9-5-10-23(16-22)30(33,34)32(38,39)40/h3-18,29,42H,2,19-20H2,1H3. The molecule has 0 fully saturated rings. The minimum absolute atomic E-state index is 0.0136. The molecule has 0 bridgehead atoms. The Balaban J connectivity index is 1.71. The average molecular weight is 610 g/mol. The van der Waals surface area contributed by atoms with Crippen molar-refractivity contribution < 1.29 is 45.0 Å². The first-order valence-electron chi connectivity index (χ1n) is 13.2. The van der Waals surface area contributed by atoms with E-state index in [1.165, 1.54) is 29.2 Å². The van der Waals surface area contributed by atoms with Crippen molar-refractivity contribution in [2.45, 2.75) is 44.3 Å². The predicted molar refractivity (Wildman–Crippen MR) is 146 cm³/mol. The molecule has 4 aromatic carbocycles. The predicted octanol–water partition coefficient (Wildman–Crippen LogP) is 9.45. The Bertz CT molecular complexity index is 1530. The topological polar surface area (TPSA) is 32.7 Å². The van der Waals surface area contributed by atoms with Gasteiger partial charge in [0.05, 0.1) is 11.7 Å². The molecule has 0 saturated carbocycles. The third-order valence-corrected chi connectivity index (χ3v) is 6.76. The van der Waals surface area contributed by atoms with E-state index in [9.17, 15) is 40.2 Å². The maximum atomic E-state index is 14.1. The summed E-state index contributed by atoms with van der Waals surface area (Å²) in [5, 5.41) is 11.0. The first kappa shape index (κ1) is 31.8. The van der Waals surface area contributed by atoms with E-state index in [-0.39, 0.29) is 12.1 Å². The van der Waals surface area contributed by atoms with Gasteiger partial charge in [0.25, 0.3) is 0 Å². The summed E-state index contributed by atoms with van der Waals surface area (Å²) >= 11 is 0. The number of aliphatic hydroxyl groups is 1. The van der Waals surface area contributed by atoms with E-state index in [2.05, 4.69) is 0 Å². The zero-order valence-electron chi connectivity index (χ0n) is 22.8. The van der Waals surface area contributed by atoms with Crippen LogP contribution in [0.3, 0.4) is 0 Å². The molecule has 0 spiro atoms. The number of aryl methyl sites for hydroxylation is 1. The molecule has 0 radical (unpaired) electrons. The Morgan fingerprint density at radius 1 is 0.721 bits per heavy atom. The molecule has 1 atom stereocenters. The van der Waals surface area contributed by atoms with Crippen LogP contribution in [-0.2, 0) is 25.1 Å². The summed E-state index contributed by atoms with van der Waals surface area (Å²) in [7, 11) is 0. The van der Waals surface area contributed by atoms with Gasteiger partial charge in [-0.25, -0.2) is 0 Å². The second kappa shape index (κ2) is 12.6. The minimum Gasteiger partial charge on any atom is -0.457 e. The van der Waals surface area contributed by atoms with Gasteiger partial charge in [0.1, 0.15) is 11.5 Å². The Hall–Kier alpha value is -4.12. The molecule has 1 N–H and O–H groups in total. The van der Waals surface area contributed by atoms with Crippen molar-refractivity contribution in [1.82, 2.24) is 0 Å². The van der Waals surface area contributed by atoms with E-state index in [4.69, 9.17) is 4.74 Å². The van der Waals surface area contributed by atoms with Crippen LogP contribution >= 0.6 is 0 Å². The van der Waals surface area contributed by atoms with Crippen molar-refractivity contribution in [2.24, 2.45) is 0 Å². The lowest BCUT2D eigenvalue weighted by atomic mass is 10.0. The van der Waals surface area contributed by atoms with Gasteiger partial charge in [0, 0.05) is 30.4 Å². The molecule has 4 aromatic rings. The Morgan fingerprint density at radius 2 is 1.35 bits per heavy atom. The van der Waals surface area contributed by atoms with Crippen LogP contribution in [0.5, 0.6) is 11.5 Å². The monoisotopic (exact) mass is 609 g/mol. The molecule has 228 valence electrons. The Labute approximate surface area is 243 Å². The minimum atomic E-state index is -5.83. The zero-order chi connectivity index (χ0) is 31.4. The number of ether oxygens (including phenoxy) is 1. The van der Waals surface area contributed by atoms with Gasteiger partial charge in [0.15, 0.2) is 0 Å². The third kappa shape index (κ3) is 7.64. The number of benzene rings is 4. The van der Waals surface area contributed by atoms with Crippen LogP contribution < -0.4 is 9.64 Å². The summed E-state index contributed by atoms with van der Waals surface area (Å²) < 4.78 is 114. The van der Waals surface area contributed by atoms with E-state index < -0.39 is 47.6 Å². The lowest BCUT2D eigenvalue weighted by Crippen LogP contribution is -2.34. The van der Waals surface area contributed by atoms with Crippen LogP contribution in [0, 0.1) is 0 Å². The van der Waals surface area contributed by atoms with Crippen molar-refractivity contribution in [2.75, 3.05) is 11.4 Å². The number of hydrogen-bond acceptors (Lipinski definition) is 3. The molecular formula is C32H27F8NO2. The van der Waals surface area contributed by atoms with Gasteiger partial charge < -0.3 is 14.7 Å². The van der Waals surface area contributed by atoms with Crippen LogP contribution in [0.1, 0.15) is 40.8 Å². The van der Waals surface area contributed by atoms with Gasteiger partial charge >= 0.3 is 18.3 Å². The van der Waals surface area contributed by atoms with Crippen LogP contribution in [0.25, 0.3) is 0 Å². The number of rotatable bonds is 10. The normalized spacial score (nSPS) is 13.1. The molecule has 0 aliphatic carbocycles. The van der Waals surface area contributed by atoms with Crippen LogP contribution in [0.2, 0.25) is 0 Å². The van der Waals surface area contributed by atoms with Gasteiger partial charge in [-0.15, -0.1) is 0 Å². The van der Waals surface area contributed by atoms with Gasteiger partial charge in [-0.05, 0) is 59.5 Å². The summed E-state index contributed by atoms with van der Waals surface area (Å²) in [4.78, 5) is 1.39. The molecule has 0 aliphatic heterocycles. The largest absolute Gasteiger partial charge is 0.458 e. The van der Waals surface area contributed by atoms with Crippen molar-refractivity contribution in [1.29, 1.82) is 0 Å². The first-order chi connectivity index (χ1) is 20.2. The third-order valence-electron chi connectivity index (χ3n) is 6.76. The number of aliphatic hydroxyl groups excluding tert-OH is 1. The molecule has 3 nitrogen and oxygen atoms in total. The van der Waals surface area contributed by atoms with Gasteiger partial charge in [-0.2, -0.15) is 35.1 Å². The molecular weight excluding hydrogens is 582 g/mol. The Morgan fingerprint density at radius 3 is 2.02 bits per heavy atom. The molecule has 0 heterocycles. The van der Waals surface area contributed by atoms with Crippen molar-refractivity contribution >= 4 is 5.69 Å². The highest BCUT2D eigenvalue weighted by molar-refractivity contribution is 5.53. The second-order valence-corrected chi connectivity index (χ2v) is 9.85. The Kier molecular flexibility index (Phi) is 9.34. The highest BCUT2D eigenvalue weighted by Crippen LogP contribution is 2.44. The molecule has 43 heavy (non-hydrogen) atoms. The van der Waals surface area contributed by atoms with Crippen LogP contribution in [0.4, 0.5) is 40.8 Å². The van der Waals surface area contributed by atoms with Gasteiger partial charge in [-0.3, -0.25) is 0 Å². The summed E-state index contributed by atoms with van der Waals surface area (Å²) in [6.45, 7) is 1.20. The summed E-state index contributed by atoms with van der Waals surface area (Å²) in [5.74, 6) is -4.28. The SMILES string of the molecule is CCc1cccc(Oc2cccc(N(Cc3cccc(C(F)(F)C(F)(F)F)c3)CC(O)c3ccccc3C(F)(F)F)c2)c1. The molecule has 0 aliphatic rings. The molecule has 0 amide bonds. The number of nitrogens with zero attached hydrogens (tertiary/aromatic N) is 1. The van der Waals surface area contributed by atoms with Crippen molar-refractivity contribution in [3.05, 3.63) is 125 Å². The quantitative estimate of drug-likeness (QED) is 0.182. The molecule has 0 aromatic heterocycles. The van der Waals surface area contributed by atoms with E-state index in [0.717, 1.165) is 30.2 Å². The molecule has 11 heteroatoms. The van der Waals surface area contributed by atoms with E-state index in [0.29, 0.717) is 29.3 Å². The first-order valence-corrected chi connectivity index (χ1v) is 13.2. The van der Waals surface area contributed by atoms with E-state index >= 15 is 0 Å². The van der Waals surface area contributed by atoms with Crippen molar-refractivity contribution in [3.8, 4) is 11.5 Å². The van der Waals surface area contributed by atoms with Crippen molar-refractivity contribution in [3.63, 3.8) is 0 Å². The zero-order valence-corrected chi connectivity index (χ0v) is 22.8. The van der Waals surface area contributed by atoms with Crippen LogP contribution in [0.15, 0.2) is 97.1 Å². The summed E-state index contributed by atoms with van der Waals surface area (Å²) in [5.41, 5.74) is -1.41. The average Bonchev–Trinajstić information content (AvgIpc) is 2.96. The highest BCUT2D eigenvalue weighted by Gasteiger charge is 2.58. The number of anilines is 1.